The Morgan fingerprint density at radius 3 is 2.06 bits per heavy atom. The predicted octanol–water partition coefficient (Wildman–Crippen LogP) is 3.67. The van der Waals surface area contributed by atoms with Crippen LogP contribution in [0.25, 0.3) is 0 Å². The lowest BCUT2D eigenvalue weighted by Crippen LogP contribution is -2.12. The zero-order chi connectivity index (χ0) is 12.3. The van der Waals surface area contributed by atoms with E-state index in [0.29, 0.717) is 5.92 Å². The van der Waals surface area contributed by atoms with Crippen molar-refractivity contribution in [2.45, 2.75) is 53.1 Å². The first kappa shape index (κ1) is 13.2. The fourth-order valence-corrected chi connectivity index (χ4v) is 1.88. The number of hydrogen-bond donors (Lipinski definition) is 1. The van der Waals surface area contributed by atoms with E-state index in [2.05, 4.69) is 52.8 Å². The summed E-state index contributed by atoms with van der Waals surface area (Å²) >= 11 is 0. The number of hydrogen-bond acceptors (Lipinski definition) is 1. The summed E-state index contributed by atoms with van der Waals surface area (Å²) in [5.41, 5.74) is 3.83. The van der Waals surface area contributed by atoms with E-state index in [9.17, 15) is 5.11 Å². The summed E-state index contributed by atoms with van der Waals surface area (Å²) in [6.45, 7) is 11.2. The van der Waals surface area contributed by atoms with Gasteiger partial charge in [-0.15, -0.1) is 0 Å². The standard InChI is InChI=1S/C15H24O/c1-11(2)6-12-7-13(10-16)9-14(8-12)15(3,4)5/h7-9,11,16H,6,10H2,1-5H3. The first-order chi connectivity index (χ1) is 7.32. The van der Waals surface area contributed by atoms with Crippen LogP contribution in [0.4, 0.5) is 0 Å². The normalized spacial score (nSPS) is 12.2. The zero-order valence-corrected chi connectivity index (χ0v) is 11.2. The molecule has 1 nitrogen and oxygen atoms in total. The third kappa shape index (κ3) is 3.64. The highest BCUT2D eigenvalue weighted by Crippen LogP contribution is 2.25. The molecule has 0 bridgehead atoms. The lowest BCUT2D eigenvalue weighted by atomic mass is 9.84. The first-order valence-electron chi connectivity index (χ1n) is 6.07. The van der Waals surface area contributed by atoms with E-state index in [1.807, 2.05) is 0 Å². The quantitative estimate of drug-likeness (QED) is 0.824. The van der Waals surface area contributed by atoms with Gasteiger partial charge in [0.1, 0.15) is 0 Å². The topological polar surface area (TPSA) is 20.2 Å². The van der Waals surface area contributed by atoms with E-state index in [0.717, 1.165) is 12.0 Å². The number of rotatable bonds is 3. The van der Waals surface area contributed by atoms with Crippen molar-refractivity contribution in [3.05, 3.63) is 34.9 Å². The number of aliphatic hydroxyl groups excluding tert-OH is 1. The highest BCUT2D eigenvalue weighted by Gasteiger charge is 2.15. The van der Waals surface area contributed by atoms with Gasteiger partial charge in [0, 0.05) is 0 Å². The fraction of sp³-hybridized carbons (Fsp3) is 0.600. The minimum absolute atomic E-state index is 0.134. The van der Waals surface area contributed by atoms with E-state index in [1.165, 1.54) is 11.1 Å². The Morgan fingerprint density at radius 2 is 1.62 bits per heavy atom. The molecular formula is C15H24O. The Bertz CT molecular complexity index is 345. The lowest BCUT2D eigenvalue weighted by Gasteiger charge is -2.21. The Hall–Kier alpha value is -0.820. The maximum Gasteiger partial charge on any atom is 0.0682 e. The maximum atomic E-state index is 9.29. The molecule has 0 spiro atoms. The third-order valence-corrected chi connectivity index (χ3v) is 2.75. The van der Waals surface area contributed by atoms with Gasteiger partial charge in [0.15, 0.2) is 0 Å². The molecule has 0 unspecified atom stereocenters. The highest BCUT2D eigenvalue weighted by molar-refractivity contribution is 5.34. The Kier molecular flexibility index (Phi) is 4.15. The molecule has 1 rings (SSSR count). The Labute approximate surface area is 99.5 Å². The maximum absolute atomic E-state index is 9.29. The van der Waals surface area contributed by atoms with Gasteiger partial charge < -0.3 is 5.11 Å². The molecule has 0 saturated carbocycles. The molecule has 0 heterocycles. The first-order valence-corrected chi connectivity index (χ1v) is 6.07. The largest absolute Gasteiger partial charge is 0.392 e. The van der Waals surface area contributed by atoms with Crippen LogP contribution in [0.2, 0.25) is 0 Å². The number of aliphatic hydroxyl groups is 1. The van der Waals surface area contributed by atoms with Gasteiger partial charge in [-0.3, -0.25) is 0 Å². The molecule has 1 N–H and O–H groups in total. The molecule has 16 heavy (non-hydrogen) atoms. The molecule has 0 saturated heterocycles. The van der Waals surface area contributed by atoms with E-state index >= 15 is 0 Å². The minimum atomic E-state index is 0.134. The summed E-state index contributed by atoms with van der Waals surface area (Å²) in [7, 11) is 0. The molecule has 0 aliphatic carbocycles. The van der Waals surface area contributed by atoms with Crippen molar-refractivity contribution in [3.63, 3.8) is 0 Å². The van der Waals surface area contributed by atoms with Crippen molar-refractivity contribution in [2.24, 2.45) is 5.92 Å². The third-order valence-electron chi connectivity index (χ3n) is 2.75. The average molecular weight is 220 g/mol. The van der Waals surface area contributed by atoms with Gasteiger partial charge in [-0.2, -0.15) is 0 Å². The molecule has 1 heteroatoms. The van der Waals surface area contributed by atoms with Crippen LogP contribution in [0.3, 0.4) is 0 Å². The molecule has 1 aromatic rings. The zero-order valence-electron chi connectivity index (χ0n) is 11.2. The summed E-state index contributed by atoms with van der Waals surface area (Å²) in [4.78, 5) is 0. The van der Waals surface area contributed by atoms with Crippen LogP contribution in [-0.4, -0.2) is 5.11 Å². The molecule has 0 radical (unpaired) electrons. The van der Waals surface area contributed by atoms with Crippen LogP contribution in [0, 0.1) is 5.92 Å². The molecule has 0 aromatic heterocycles. The van der Waals surface area contributed by atoms with E-state index in [4.69, 9.17) is 0 Å². The van der Waals surface area contributed by atoms with Crippen molar-refractivity contribution >= 4 is 0 Å². The summed E-state index contributed by atoms with van der Waals surface area (Å²) in [6.07, 6.45) is 1.08. The predicted molar refractivity (Wildman–Crippen MR) is 69.6 cm³/mol. The summed E-state index contributed by atoms with van der Waals surface area (Å²) < 4.78 is 0. The second kappa shape index (κ2) is 5.01. The lowest BCUT2D eigenvalue weighted by molar-refractivity contribution is 0.281. The second-order valence-electron chi connectivity index (χ2n) is 6.04. The van der Waals surface area contributed by atoms with E-state index in [-0.39, 0.29) is 12.0 Å². The summed E-state index contributed by atoms with van der Waals surface area (Å²) in [6, 6.07) is 6.51. The van der Waals surface area contributed by atoms with Gasteiger partial charge in [0.25, 0.3) is 0 Å². The van der Waals surface area contributed by atoms with Gasteiger partial charge in [0.05, 0.1) is 6.61 Å². The van der Waals surface area contributed by atoms with Crippen LogP contribution in [0.15, 0.2) is 18.2 Å². The molecule has 0 aliphatic rings. The van der Waals surface area contributed by atoms with E-state index < -0.39 is 0 Å². The molecular weight excluding hydrogens is 196 g/mol. The van der Waals surface area contributed by atoms with Crippen molar-refractivity contribution in [2.75, 3.05) is 0 Å². The van der Waals surface area contributed by atoms with Crippen molar-refractivity contribution < 1.29 is 5.11 Å². The monoisotopic (exact) mass is 220 g/mol. The van der Waals surface area contributed by atoms with Crippen LogP contribution in [-0.2, 0) is 18.4 Å². The fourth-order valence-electron chi connectivity index (χ4n) is 1.88. The molecule has 0 aliphatic heterocycles. The van der Waals surface area contributed by atoms with Gasteiger partial charge >= 0.3 is 0 Å². The molecule has 1 aromatic carbocycles. The molecule has 90 valence electrons. The highest BCUT2D eigenvalue weighted by atomic mass is 16.3. The van der Waals surface area contributed by atoms with Crippen LogP contribution >= 0.6 is 0 Å². The van der Waals surface area contributed by atoms with Crippen LogP contribution in [0.5, 0.6) is 0 Å². The van der Waals surface area contributed by atoms with E-state index in [1.54, 1.807) is 0 Å². The van der Waals surface area contributed by atoms with Crippen LogP contribution in [0.1, 0.15) is 51.3 Å². The second-order valence-corrected chi connectivity index (χ2v) is 6.04. The molecule has 0 amide bonds. The Morgan fingerprint density at radius 1 is 1.06 bits per heavy atom. The smallest absolute Gasteiger partial charge is 0.0682 e. The van der Waals surface area contributed by atoms with Gasteiger partial charge in [-0.1, -0.05) is 52.8 Å². The minimum Gasteiger partial charge on any atom is -0.392 e. The molecule has 0 atom stereocenters. The van der Waals surface area contributed by atoms with Gasteiger partial charge in [-0.25, -0.2) is 0 Å². The summed E-state index contributed by atoms with van der Waals surface area (Å²) in [5, 5.41) is 9.29. The van der Waals surface area contributed by atoms with Gasteiger partial charge in [-0.05, 0) is 34.4 Å². The number of benzene rings is 1. The van der Waals surface area contributed by atoms with Crippen molar-refractivity contribution in [3.8, 4) is 0 Å². The molecule has 0 fully saturated rings. The van der Waals surface area contributed by atoms with Crippen molar-refractivity contribution in [1.29, 1.82) is 0 Å². The SMILES string of the molecule is CC(C)Cc1cc(CO)cc(C(C)(C)C)c1. The average Bonchev–Trinajstić information content (AvgIpc) is 2.14. The summed E-state index contributed by atoms with van der Waals surface area (Å²) in [5.74, 6) is 0.654. The van der Waals surface area contributed by atoms with Crippen LogP contribution < -0.4 is 0 Å². The van der Waals surface area contributed by atoms with Crippen molar-refractivity contribution in [1.82, 2.24) is 0 Å². The Balaban J connectivity index is 3.11. The van der Waals surface area contributed by atoms with Gasteiger partial charge in [0.2, 0.25) is 0 Å².